The first-order chi connectivity index (χ1) is 11.4. The Morgan fingerprint density at radius 2 is 1.71 bits per heavy atom. The van der Waals surface area contributed by atoms with Crippen molar-refractivity contribution in [2.45, 2.75) is 78.4 Å². The first kappa shape index (κ1) is 16.9. The van der Waals surface area contributed by atoms with Crippen LogP contribution in [0.2, 0.25) is 0 Å². The summed E-state index contributed by atoms with van der Waals surface area (Å²) in [5.41, 5.74) is -0.244. The molecular weight excluding hydrogens is 298 g/mol. The van der Waals surface area contributed by atoms with E-state index in [1.54, 1.807) is 0 Å². The van der Waals surface area contributed by atoms with Gasteiger partial charge in [0, 0.05) is 11.5 Å². The van der Waals surface area contributed by atoms with Gasteiger partial charge in [-0.25, -0.2) is 0 Å². The van der Waals surface area contributed by atoms with Crippen molar-refractivity contribution < 1.29 is 9.90 Å². The highest BCUT2D eigenvalue weighted by Gasteiger charge is 2.65. The third-order valence-corrected chi connectivity index (χ3v) is 8.60. The quantitative estimate of drug-likeness (QED) is 0.755. The molecule has 4 bridgehead atoms. The van der Waals surface area contributed by atoms with Crippen LogP contribution in [-0.2, 0) is 4.79 Å². The van der Waals surface area contributed by atoms with Crippen molar-refractivity contribution in [2.24, 2.45) is 46.8 Å². The summed E-state index contributed by atoms with van der Waals surface area (Å²) in [6.07, 6.45) is 6.83. The average Bonchev–Trinajstić information content (AvgIpc) is 3.31. The molecule has 0 aromatic rings. The van der Waals surface area contributed by atoms with Crippen LogP contribution in [-0.4, -0.2) is 23.2 Å². The van der Waals surface area contributed by atoms with Gasteiger partial charge in [-0.1, -0.05) is 27.7 Å². The Labute approximate surface area is 147 Å². The second-order valence-corrected chi connectivity index (χ2v) is 9.90. The maximum Gasteiger partial charge on any atom is 0.225 e. The number of carbonyl (C=O) groups excluding carboxylic acids is 1. The lowest BCUT2D eigenvalue weighted by Crippen LogP contribution is -2.49. The van der Waals surface area contributed by atoms with Gasteiger partial charge in [0.15, 0.2) is 0 Å². The largest absolute Gasteiger partial charge is 0.393 e. The van der Waals surface area contributed by atoms with E-state index < -0.39 is 0 Å². The number of hydrogen-bond donors (Lipinski definition) is 2. The molecule has 136 valence electrons. The summed E-state index contributed by atoms with van der Waals surface area (Å²) in [5, 5.41) is 13.8. The molecule has 4 rings (SSSR count). The highest BCUT2D eigenvalue weighted by Crippen LogP contribution is 2.69. The Morgan fingerprint density at radius 3 is 2.38 bits per heavy atom. The zero-order chi connectivity index (χ0) is 17.2. The van der Waals surface area contributed by atoms with Gasteiger partial charge in [0.25, 0.3) is 0 Å². The predicted molar refractivity (Wildman–Crippen MR) is 95.2 cm³/mol. The lowest BCUT2D eigenvalue weighted by molar-refractivity contribution is -0.131. The summed E-state index contributed by atoms with van der Waals surface area (Å²) in [7, 11) is 0. The first-order valence-electron chi connectivity index (χ1n) is 10.4. The number of amides is 1. The van der Waals surface area contributed by atoms with Crippen LogP contribution in [0.15, 0.2) is 0 Å². The van der Waals surface area contributed by atoms with Crippen LogP contribution in [0.5, 0.6) is 0 Å². The van der Waals surface area contributed by atoms with Crippen molar-refractivity contribution in [1.82, 2.24) is 5.32 Å². The van der Waals surface area contributed by atoms with E-state index in [1.807, 2.05) is 0 Å². The first-order valence-corrected chi connectivity index (χ1v) is 10.4. The average molecular weight is 334 g/mol. The second-order valence-electron chi connectivity index (χ2n) is 9.90. The standard InChI is InChI=1S/C21H35NO2/c1-5-17(23)13-7-11-8-14(13)18-12-9-15(19(11)18)16(10-12)22-20(24)21(3,4)6-2/h11-19,23H,5-10H2,1-4H3,(H,22,24). The molecule has 4 aliphatic carbocycles. The van der Waals surface area contributed by atoms with Gasteiger partial charge in [-0.3, -0.25) is 4.79 Å². The number of fused-ring (bicyclic) bond motifs is 9. The summed E-state index contributed by atoms with van der Waals surface area (Å²) in [6, 6.07) is 0.420. The molecule has 24 heavy (non-hydrogen) atoms. The monoisotopic (exact) mass is 333 g/mol. The Hall–Kier alpha value is -0.570. The molecule has 4 saturated carbocycles. The van der Waals surface area contributed by atoms with E-state index in [4.69, 9.17) is 0 Å². The van der Waals surface area contributed by atoms with Crippen LogP contribution >= 0.6 is 0 Å². The van der Waals surface area contributed by atoms with Gasteiger partial charge in [-0.2, -0.15) is 0 Å². The molecule has 0 radical (unpaired) electrons. The zero-order valence-corrected chi connectivity index (χ0v) is 15.8. The molecule has 0 aliphatic heterocycles. The normalized spacial score (nSPS) is 47.0. The van der Waals surface area contributed by atoms with Crippen LogP contribution in [0.4, 0.5) is 0 Å². The molecule has 4 fully saturated rings. The van der Waals surface area contributed by atoms with Crippen molar-refractivity contribution in [3.63, 3.8) is 0 Å². The Morgan fingerprint density at radius 1 is 1.08 bits per heavy atom. The van der Waals surface area contributed by atoms with E-state index in [-0.39, 0.29) is 17.4 Å². The molecule has 1 amide bonds. The fourth-order valence-electron chi connectivity index (χ4n) is 7.09. The van der Waals surface area contributed by atoms with E-state index in [2.05, 4.69) is 33.0 Å². The van der Waals surface area contributed by atoms with Crippen molar-refractivity contribution >= 4 is 5.91 Å². The molecule has 3 heteroatoms. The number of rotatable bonds is 5. The van der Waals surface area contributed by atoms with E-state index in [1.165, 1.54) is 25.7 Å². The molecule has 9 atom stereocenters. The van der Waals surface area contributed by atoms with Crippen LogP contribution in [0.25, 0.3) is 0 Å². The van der Waals surface area contributed by atoms with Crippen LogP contribution < -0.4 is 5.32 Å². The predicted octanol–water partition coefficient (Wildman–Crippen LogP) is 3.61. The minimum atomic E-state index is -0.244. The fourth-order valence-corrected chi connectivity index (χ4v) is 7.09. The van der Waals surface area contributed by atoms with Crippen LogP contribution in [0.1, 0.15) is 66.2 Å². The third-order valence-electron chi connectivity index (χ3n) is 8.60. The van der Waals surface area contributed by atoms with Crippen molar-refractivity contribution in [2.75, 3.05) is 0 Å². The van der Waals surface area contributed by atoms with E-state index in [0.29, 0.717) is 17.9 Å². The van der Waals surface area contributed by atoms with Gasteiger partial charge >= 0.3 is 0 Å². The summed E-state index contributed by atoms with van der Waals surface area (Å²) >= 11 is 0. The molecule has 9 unspecified atom stereocenters. The van der Waals surface area contributed by atoms with Gasteiger partial charge in [-0.05, 0) is 80.0 Å². The molecule has 3 nitrogen and oxygen atoms in total. The number of aliphatic hydroxyl groups excluding tert-OH is 1. The zero-order valence-electron chi connectivity index (χ0n) is 15.8. The SMILES string of the molecule is CCC(O)C1CC2CC1C1C3CC(NC(=O)C(C)(C)CC)C(C3)C21. The number of nitrogens with one attached hydrogen (secondary N) is 1. The number of aliphatic hydroxyl groups is 1. The smallest absolute Gasteiger partial charge is 0.225 e. The molecule has 0 aromatic carbocycles. The summed E-state index contributed by atoms with van der Waals surface area (Å²) in [6.45, 7) is 8.35. The molecule has 4 aliphatic rings. The Balaban J connectivity index is 1.45. The molecule has 2 N–H and O–H groups in total. The minimum Gasteiger partial charge on any atom is -0.393 e. The minimum absolute atomic E-state index is 0.0825. The lowest BCUT2D eigenvalue weighted by Gasteiger charge is -2.43. The van der Waals surface area contributed by atoms with Gasteiger partial charge < -0.3 is 10.4 Å². The summed E-state index contributed by atoms with van der Waals surface area (Å²) < 4.78 is 0. The molecule has 0 heterocycles. The second kappa shape index (κ2) is 5.72. The maximum absolute atomic E-state index is 12.6. The molecule has 0 spiro atoms. The Bertz CT molecular complexity index is 516. The summed E-state index contributed by atoms with van der Waals surface area (Å²) in [5.74, 6) is 5.61. The highest BCUT2D eigenvalue weighted by molar-refractivity contribution is 5.82. The van der Waals surface area contributed by atoms with Crippen molar-refractivity contribution in [3.05, 3.63) is 0 Å². The van der Waals surface area contributed by atoms with Crippen LogP contribution in [0, 0.1) is 46.8 Å². The topological polar surface area (TPSA) is 49.3 Å². The van der Waals surface area contributed by atoms with Gasteiger partial charge in [0.1, 0.15) is 0 Å². The van der Waals surface area contributed by atoms with Gasteiger partial charge in [-0.15, -0.1) is 0 Å². The maximum atomic E-state index is 12.6. The van der Waals surface area contributed by atoms with E-state index in [9.17, 15) is 9.90 Å². The number of hydrogen-bond acceptors (Lipinski definition) is 2. The molecule has 0 saturated heterocycles. The van der Waals surface area contributed by atoms with Crippen LogP contribution in [0.3, 0.4) is 0 Å². The summed E-state index contributed by atoms with van der Waals surface area (Å²) in [4.78, 5) is 12.6. The Kier molecular flexibility index (Phi) is 4.02. The molecular formula is C21H35NO2. The van der Waals surface area contributed by atoms with E-state index >= 15 is 0 Å². The lowest BCUT2D eigenvalue weighted by atomic mass is 9.65. The van der Waals surface area contributed by atoms with E-state index in [0.717, 1.165) is 42.4 Å². The fraction of sp³-hybridized carbons (Fsp3) is 0.952. The van der Waals surface area contributed by atoms with Gasteiger partial charge in [0.2, 0.25) is 5.91 Å². The van der Waals surface area contributed by atoms with Gasteiger partial charge in [0.05, 0.1) is 6.10 Å². The number of carbonyl (C=O) groups is 1. The highest BCUT2D eigenvalue weighted by atomic mass is 16.3. The van der Waals surface area contributed by atoms with Crippen molar-refractivity contribution in [3.8, 4) is 0 Å². The van der Waals surface area contributed by atoms with Crippen molar-refractivity contribution in [1.29, 1.82) is 0 Å². The third kappa shape index (κ3) is 2.29. The molecule has 0 aromatic heterocycles.